The van der Waals surface area contributed by atoms with Gasteiger partial charge in [-0.25, -0.2) is 0 Å². The first-order chi connectivity index (χ1) is 14.6. The van der Waals surface area contributed by atoms with Gasteiger partial charge in [0.05, 0.1) is 12.2 Å². The van der Waals surface area contributed by atoms with Gasteiger partial charge < -0.3 is 10.2 Å². The molecule has 5 aliphatic carbocycles. The van der Waals surface area contributed by atoms with Gasteiger partial charge in [-0.3, -0.25) is 0 Å². The summed E-state index contributed by atoms with van der Waals surface area (Å²) in [5.74, 6) is 1.38. The molecule has 5 rings (SSSR count). The maximum absolute atomic E-state index is 11.9. The summed E-state index contributed by atoms with van der Waals surface area (Å²) in [4.78, 5) is 0. The van der Waals surface area contributed by atoms with Crippen LogP contribution in [0.3, 0.4) is 0 Å². The van der Waals surface area contributed by atoms with Gasteiger partial charge in [-0.15, -0.1) is 0 Å². The highest BCUT2D eigenvalue weighted by molar-refractivity contribution is 5.35. The van der Waals surface area contributed by atoms with Gasteiger partial charge in [0.25, 0.3) is 0 Å². The monoisotopic (exact) mass is 442 g/mol. The van der Waals surface area contributed by atoms with E-state index in [2.05, 4.69) is 61.5 Å². The summed E-state index contributed by atoms with van der Waals surface area (Å²) in [6.45, 7) is 19.7. The van der Waals surface area contributed by atoms with E-state index in [0.717, 1.165) is 12.8 Å². The molecule has 32 heavy (non-hydrogen) atoms. The molecule has 2 N–H and O–H groups in total. The quantitative estimate of drug-likeness (QED) is 0.391. The molecule has 0 heterocycles. The van der Waals surface area contributed by atoms with Crippen molar-refractivity contribution in [1.29, 1.82) is 0 Å². The molecule has 5 aliphatic rings. The molecule has 0 saturated heterocycles. The number of rotatable bonds is 0. The average Bonchev–Trinajstić information content (AvgIpc) is 2.68. The van der Waals surface area contributed by atoms with Crippen molar-refractivity contribution in [3.63, 3.8) is 0 Å². The van der Waals surface area contributed by atoms with E-state index in [9.17, 15) is 10.2 Å². The molecule has 0 aromatic carbocycles. The average molecular weight is 443 g/mol. The summed E-state index contributed by atoms with van der Waals surface area (Å²) in [5.41, 5.74) is 2.76. The SMILES string of the molecule is CC1(C)CC[C@]2(C)CC[C@]3(C)C(=C[C@@H](O)C4[C@@]5(C)CC[C@H](O)C(C)(C)[C@@H]5CC[C@]43C)[C@@H]2C1. The van der Waals surface area contributed by atoms with Crippen LogP contribution in [0.2, 0.25) is 0 Å². The van der Waals surface area contributed by atoms with Gasteiger partial charge >= 0.3 is 0 Å². The van der Waals surface area contributed by atoms with Gasteiger partial charge in [0.1, 0.15) is 0 Å². The Balaban J connectivity index is 1.62. The normalized spacial score (nSPS) is 56.2. The predicted octanol–water partition coefficient (Wildman–Crippen LogP) is 7.14. The molecular weight excluding hydrogens is 392 g/mol. The molecule has 0 bridgehead atoms. The highest BCUT2D eigenvalue weighted by atomic mass is 16.3. The number of aliphatic hydroxyl groups excluding tert-OH is 2. The van der Waals surface area contributed by atoms with Crippen molar-refractivity contribution in [2.75, 3.05) is 0 Å². The summed E-state index contributed by atoms with van der Waals surface area (Å²) in [5, 5.41) is 22.8. The Bertz CT molecular complexity index is 825. The van der Waals surface area contributed by atoms with Gasteiger partial charge in [-0.05, 0) is 102 Å². The lowest BCUT2D eigenvalue weighted by molar-refractivity contribution is -0.224. The predicted molar refractivity (Wildman–Crippen MR) is 132 cm³/mol. The zero-order chi connectivity index (χ0) is 23.5. The van der Waals surface area contributed by atoms with Gasteiger partial charge in [-0.2, -0.15) is 0 Å². The number of hydrogen-bond acceptors (Lipinski definition) is 2. The minimum absolute atomic E-state index is 0.0719. The van der Waals surface area contributed by atoms with Crippen LogP contribution in [0, 0.1) is 50.2 Å². The number of fused-ring (bicyclic) bond motifs is 7. The summed E-state index contributed by atoms with van der Waals surface area (Å²) >= 11 is 0. The van der Waals surface area contributed by atoms with Crippen molar-refractivity contribution in [2.24, 2.45) is 50.2 Å². The first-order valence-electron chi connectivity index (χ1n) is 13.7. The maximum atomic E-state index is 11.9. The highest BCUT2D eigenvalue weighted by Gasteiger charge is 2.69. The molecule has 4 saturated carbocycles. The Morgan fingerprint density at radius 1 is 0.781 bits per heavy atom. The van der Waals surface area contributed by atoms with E-state index in [1.807, 2.05) is 0 Å². The third-order valence-corrected chi connectivity index (χ3v) is 13.0. The van der Waals surface area contributed by atoms with Crippen LogP contribution in [0.15, 0.2) is 11.6 Å². The van der Waals surface area contributed by atoms with Crippen molar-refractivity contribution >= 4 is 0 Å². The Morgan fingerprint density at radius 2 is 1.44 bits per heavy atom. The van der Waals surface area contributed by atoms with Crippen LogP contribution in [0.25, 0.3) is 0 Å². The number of hydrogen-bond donors (Lipinski definition) is 2. The van der Waals surface area contributed by atoms with E-state index >= 15 is 0 Å². The van der Waals surface area contributed by atoms with Crippen LogP contribution in [0.5, 0.6) is 0 Å². The van der Waals surface area contributed by atoms with Gasteiger partial charge in [0.2, 0.25) is 0 Å². The Kier molecular flexibility index (Phi) is 4.87. The standard InChI is InChI=1S/C30H50O2/c1-25(2)13-14-27(5)15-16-29(7)19(20(27)18-25)17-21(31)24-28(6)11-10-23(32)26(3,4)22(28)9-12-30(24,29)8/h17,20-24,31-32H,9-16,18H2,1-8H3/t20-,21+,22-,23-,24?,27+,28-,29+,30+/m0/s1. The van der Waals surface area contributed by atoms with Crippen LogP contribution < -0.4 is 0 Å². The topological polar surface area (TPSA) is 40.5 Å². The van der Waals surface area contributed by atoms with Crippen LogP contribution in [-0.2, 0) is 0 Å². The van der Waals surface area contributed by atoms with Crippen LogP contribution >= 0.6 is 0 Å². The summed E-state index contributed by atoms with van der Waals surface area (Å²) < 4.78 is 0. The van der Waals surface area contributed by atoms with Gasteiger partial charge in [-0.1, -0.05) is 67.0 Å². The fraction of sp³-hybridized carbons (Fsp3) is 0.933. The molecular formula is C30H50O2. The second-order valence-electron chi connectivity index (χ2n) is 15.4. The lowest BCUT2D eigenvalue weighted by Crippen LogP contribution is -2.67. The van der Waals surface area contributed by atoms with Crippen molar-refractivity contribution in [3.8, 4) is 0 Å². The minimum Gasteiger partial charge on any atom is -0.393 e. The van der Waals surface area contributed by atoms with Crippen molar-refractivity contribution < 1.29 is 10.2 Å². The molecule has 0 amide bonds. The van der Waals surface area contributed by atoms with E-state index in [0.29, 0.717) is 22.7 Å². The van der Waals surface area contributed by atoms with Crippen molar-refractivity contribution in [1.82, 2.24) is 0 Å². The summed E-state index contributed by atoms with van der Waals surface area (Å²) in [6, 6.07) is 0. The molecule has 2 nitrogen and oxygen atoms in total. The molecule has 2 heteroatoms. The van der Waals surface area contributed by atoms with E-state index < -0.39 is 0 Å². The van der Waals surface area contributed by atoms with E-state index in [1.165, 1.54) is 44.9 Å². The molecule has 182 valence electrons. The highest BCUT2D eigenvalue weighted by Crippen LogP contribution is 2.75. The van der Waals surface area contributed by atoms with Gasteiger partial charge in [0.15, 0.2) is 0 Å². The maximum Gasteiger partial charge on any atom is 0.0762 e. The lowest BCUT2D eigenvalue weighted by Gasteiger charge is -2.72. The Morgan fingerprint density at radius 3 is 2.12 bits per heavy atom. The van der Waals surface area contributed by atoms with E-state index in [4.69, 9.17) is 0 Å². The first-order valence-corrected chi connectivity index (χ1v) is 13.7. The largest absolute Gasteiger partial charge is 0.393 e. The molecule has 9 atom stereocenters. The smallest absolute Gasteiger partial charge is 0.0762 e. The first kappa shape index (κ1) is 23.4. The molecule has 0 aromatic rings. The number of aliphatic hydroxyl groups is 2. The van der Waals surface area contributed by atoms with Crippen LogP contribution in [-0.4, -0.2) is 22.4 Å². The molecule has 0 radical (unpaired) electrons. The van der Waals surface area contributed by atoms with Crippen molar-refractivity contribution in [2.45, 2.75) is 125 Å². The van der Waals surface area contributed by atoms with Crippen molar-refractivity contribution in [3.05, 3.63) is 11.6 Å². The lowest BCUT2D eigenvalue weighted by atomic mass is 9.33. The second-order valence-corrected chi connectivity index (χ2v) is 15.4. The summed E-state index contributed by atoms with van der Waals surface area (Å²) in [7, 11) is 0. The van der Waals surface area contributed by atoms with Crippen LogP contribution in [0.4, 0.5) is 0 Å². The zero-order valence-electron chi connectivity index (χ0n) is 22.2. The minimum atomic E-state index is -0.352. The summed E-state index contributed by atoms with van der Waals surface area (Å²) in [6.07, 6.45) is 12.7. The van der Waals surface area contributed by atoms with E-state index in [1.54, 1.807) is 5.57 Å². The molecule has 4 fully saturated rings. The Hall–Kier alpha value is -0.340. The fourth-order valence-corrected chi connectivity index (χ4v) is 10.6. The number of allylic oxidation sites excluding steroid dienone is 1. The fourth-order valence-electron chi connectivity index (χ4n) is 10.6. The third kappa shape index (κ3) is 2.78. The second kappa shape index (κ2) is 6.66. The molecule has 0 aromatic heterocycles. The van der Waals surface area contributed by atoms with Gasteiger partial charge in [0, 0.05) is 5.92 Å². The van der Waals surface area contributed by atoms with E-state index in [-0.39, 0.29) is 39.8 Å². The third-order valence-electron chi connectivity index (χ3n) is 13.0. The molecule has 0 aliphatic heterocycles. The molecule has 1 unspecified atom stereocenters. The zero-order valence-corrected chi connectivity index (χ0v) is 22.2. The van der Waals surface area contributed by atoms with Crippen LogP contribution in [0.1, 0.15) is 113 Å². The Labute approximate surface area is 197 Å². The molecule has 0 spiro atoms.